The first-order valence-electron chi connectivity index (χ1n) is 7.53. The molecule has 0 fully saturated rings. The Bertz CT molecular complexity index is 694. The third-order valence-electron chi connectivity index (χ3n) is 3.67. The molecule has 0 radical (unpaired) electrons. The van der Waals surface area contributed by atoms with E-state index in [2.05, 4.69) is 29.4 Å². The van der Waals surface area contributed by atoms with Crippen molar-refractivity contribution in [2.24, 2.45) is 11.0 Å². The molecular formula is C17H20FN3OS. The van der Waals surface area contributed by atoms with Crippen LogP contribution in [-0.4, -0.2) is 16.6 Å². The minimum atomic E-state index is -0.278. The minimum absolute atomic E-state index is 0.176. The molecule has 0 saturated heterocycles. The van der Waals surface area contributed by atoms with E-state index in [9.17, 15) is 9.18 Å². The number of nitrogens with one attached hydrogen (secondary N) is 1. The number of carbonyl (C=O) groups is 1. The first-order chi connectivity index (χ1) is 11.0. The molecule has 0 spiro atoms. The van der Waals surface area contributed by atoms with E-state index in [1.165, 1.54) is 23.5 Å². The molecule has 2 rings (SSSR count). The first kappa shape index (κ1) is 17.3. The molecule has 1 atom stereocenters. The molecule has 122 valence electrons. The number of rotatable bonds is 6. The van der Waals surface area contributed by atoms with Crippen LogP contribution in [0.25, 0.3) is 10.6 Å². The molecule has 0 aliphatic heterocycles. The van der Waals surface area contributed by atoms with Crippen LogP contribution in [0.5, 0.6) is 0 Å². The summed E-state index contributed by atoms with van der Waals surface area (Å²) in [6.45, 7) is 6.06. The lowest BCUT2D eigenvalue weighted by atomic mass is 10.1. The SMILES string of the molecule is CC[C@@H](C)/C(C)=N\NC(=O)Cc1csc(-c2ccc(F)cc2)n1. The predicted molar refractivity (Wildman–Crippen MR) is 91.9 cm³/mol. The van der Waals surface area contributed by atoms with E-state index in [1.54, 1.807) is 12.1 Å². The first-order valence-corrected chi connectivity index (χ1v) is 8.41. The van der Waals surface area contributed by atoms with Crippen LogP contribution in [0.4, 0.5) is 4.39 Å². The van der Waals surface area contributed by atoms with E-state index in [0.29, 0.717) is 11.6 Å². The second-order valence-corrected chi connectivity index (χ2v) is 6.28. The third kappa shape index (κ3) is 4.96. The average Bonchev–Trinajstić information content (AvgIpc) is 3.00. The summed E-state index contributed by atoms with van der Waals surface area (Å²) in [5, 5.41) is 6.72. The van der Waals surface area contributed by atoms with E-state index in [-0.39, 0.29) is 18.1 Å². The van der Waals surface area contributed by atoms with Crippen molar-refractivity contribution in [3.05, 3.63) is 41.2 Å². The van der Waals surface area contributed by atoms with Crippen LogP contribution in [0.3, 0.4) is 0 Å². The molecule has 0 aliphatic rings. The summed E-state index contributed by atoms with van der Waals surface area (Å²) in [7, 11) is 0. The molecule has 0 unspecified atom stereocenters. The predicted octanol–water partition coefficient (Wildman–Crippen LogP) is 4.03. The number of amides is 1. The van der Waals surface area contributed by atoms with E-state index < -0.39 is 0 Å². The fourth-order valence-electron chi connectivity index (χ4n) is 1.87. The van der Waals surface area contributed by atoms with Crippen molar-refractivity contribution in [2.75, 3.05) is 0 Å². The van der Waals surface area contributed by atoms with Gasteiger partial charge < -0.3 is 0 Å². The average molecular weight is 333 g/mol. The highest BCUT2D eigenvalue weighted by Crippen LogP contribution is 2.24. The van der Waals surface area contributed by atoms with Crippen molar-refractivity contribution in [2.45, 2.75) is 33.6 Å². The Morgan fingerprint density at radius 2 is 2.09 bits per heavy atom. The number of halogens is 1. The van der Waals surface area contributed by atoms with E-state index in [1.807, 2.05) is 12.3 Å². The van der Waals surface area contributed by atoms with Gasteiger partial charge in [0.1, 0.15) is 10.8 Å². The summed E-state index contributed by atoms with van der Waals surface area (Å²) in [5.74, 6) is -0.122. The highest BCUT2D eigenvalue weighted by atomic mass is 32.1. The fourth-order valence-corrected chi connectivity index (χ4v) is 2.70. The highest BCUT2D eigenvalue weighted by Gasteiger charge is 2.09. The van der Waals surface area contributed by atoms with E-state index in [4.69, 9.17) is 0 Å². The van der Waals surface area contributed by atoms with Crippen molar-refractivity contribution >= 4 is 23.0 Å². The Labute approximate surface area is 139 Å². The van der Waals surface area contributed by atoms with Crippen molar-refractivity contribution in [1.82, 2.24) is 10.4 Å². The lowest BCUT2D eigenvalue weighted by molar-refractivity contribution is -0.120. The molecule has 6 heteroatoms. The molecule has 2 aromatic rings. The number of carbonyl (C=O) groups excluding carboxylic acids is 1. The minimum Gasteiger partial charge on any atom is -0.273 e. The third-order valence-corrected chi connectivity index (χ3v) is 4.61. The Kier molecular flexibility index (Phi) is 5.98. The molecule has 1 heterocycles. The number of thiazole rings is 1. The maximum atomic E-state index is 12.9. The van der Waals surface area contributed by atoms with Crippen LogP contribution in [0.1, 0.15) is 32.9 Å². The van der Waals surface area contributed by atoms with E-state index >= 15 is 0 Å². The highest BCUT2D eigenvalue weighted by molar-refractivity contribution is 7.13. The molecule has 1 aromatic carbocycles. The van der Waals surface area contributed by atoms with Gasteiger partial charge in [-0.05, 0) is 43.5 Å². The standard InChI is InChI=1S/C17H20FN3OS/c1-4-11(2)12(3)20-21-16(22)9-15-10-23-17(19-15)13-5-7-14(18)8-6-13/h5-8,10-11H,4,9H2,1-3H3,(H,21,22)/b20-12-/t11-/m1/s1. The van der Waals surface area contributed by atoms with Crippen molar-refractivity contribution < 1.29 is 9.18 Å². The van der Waals surface area contributed by atoms with Gasteiger partial charge in [-0.15, -0.1) is 11.3 Å². The fraction of sp³-hybridized carbons (Fsp3) is 0.353. The summed E-state index contributed by atoms with van der Waals surface area (Å²) >= 11 is 1.43. The zero-order chi connectivity index (χ0) is 16.8. The van der Waals surface area contributed by atoms with Crippen LogP contribution < -0.4 is 5.43 Å². The van der Waals surface area contributed by atoms with E-state index in [0.717, 1.165) is 22.7 Å². The van der Waals surface area contributed by atoms with Crippen molar-refractivity contribution in [3.63, 3.8) is 0 Å². The zero-order valence-electron chi connectivity index (χ0n) is 13.5. The number of hydrogen-bond donors (Lipinski definition) is 1. The van der Waals surface area contributed by atoms with Gasteiger partial charge in [0, 0.05) is 16.7 Å². The van der Waals surface area contributed by atoms with Gasteiger partial charge in [-0.1, -0.05) is 13.8 Å². The van der Waals surface area contributed by atoms with Crippen LogP contribution in [-0.2, 0) is 11.2 Å². The summed E-state index contributed by atoms with van der Waals surface area (Å²) in [6.07, 6.45) is 1.16. The monoisotopic (exact) mass is 333 g/mol. The summed E-state index contributed by atoms with van der Waals surface area (Å²) in [5.41, 5.74) is 5.00. The van der Waals surface area contributed by atoms with Crippen LogP contribution in [0, 0.1) is 11.7 Å². The van der Waals surface area contributed by atoms with Gasteiger partial charge in [-0.2, -0.15) is 5.10 Å². The number of hydrogen-bond acceptors (Lipinski definition) is 4. The Morgan fingerprint density at radius 1 is 1.39 bits per heavy atom. The molecule has 1 N–H and O–H groups in total. The van der Waals surface area contributed by atoms with Gasteiger partial charge in [0.05, 0.1) is 12.1 Å². The quantitative estimate of drug-likeness (QED) is 0.641. The van der Waals surface area contributed by atoms with Gasteiger partial charge in [-0.25, -0.2) is 14.8 Å². The zero-order valence-corrected chi connectivity index (χ0v) is 14.3. The van der Waals surface area contributed by atoms with Gasteiger partial charge in [0.25, 0.3) is 0 Å². The summed E-state index contributed by atoms with van der Waals surface area (Å²) in [6, 6.07) is 6.15. The summed E-state index contributed by atoms with van der Waals surface area (Å²) in [4.78, 5) is 16.3. The lowest BCUT2D eigenvalue weighted by Crippen LogP contribution is -2.22. The topological polar surface area (TPSA) is 54.4 Å². The summed E-state index contributed by atoms with van der Waals surface area (Å²) < 4.78 is 12.9. The molecule has 1 aromatic heterocycles. The molecule has 23 heavy (non-hydrogen) atoms. The second kappa shape index (κ2) is 7.97. The second-order valence-electron chi connectivity index (χ2n) is 5.43. The van der Waals surface area contributed by atoms with Crippen LogP contribution in [0.2, 0.25) is 0 Å². The maximum absolute atomic E-state index is 12.9. The van der Waals surface area contributed by atoms with Crippen LogP contribution in [0.15, 0.2) is 34.7 Å². The van der Waals surface area contributed by atoms with Gasteiger partial charge in [0.2, 0.25) is 5.91 Å². The molecule has 0 aliphatic carbocycles. The number of aromatic nitrogens is 1. The largest absolute Gasteiger partial charge is 0.273 e. The molecule has 0 saturated carbocycles. The number of benzene rings is 1. The lowest BCUT2D eigenvalue weighted by Gasteiger charge is -2.07. The smallest absolute Gasteiger partial charge is 0.246 e. The number of nitrogens with zero attached hydrogens (tertiary/aromatic N) is 2. The Morgan fingerprint density at radius 3 is 2.74 bits per heavy atom. The van der Waals surface area contributed by atoms with Gasteiger partial charge >= 0.3 is 0 Å². The normalized spacial score (nSPS) is 13.0. The molecule has 1 amide bonds. The number of hydrazone groups is 1. The molecule has 0 bridgehead atoms. The Balaban J connectivity index is 1.96. The van der Waals surface area contributed by atoms with Crippen molar-refractivity contribution in [3.8, 4) is 10.6 Å². The molecular weight excluding hydrogens is 313 g/mol. The van der Waals surface area contributed by atoms with Gasteiger partial charge in [0.15, 0.2) is 0 Å². The van der Waals surface area contributed by atoms with Crippen molar-refractivity contribution in [1.29, 1.82) is 0 Å². The van der Waals surface area contributed by atoms with Gasteiger partial charge in [-0.3, -0.25) is 4.79 Å². The maximum Gasteiger partial charge on any atom is 0.246 e. The molecule has 4 nitrogen and oxygen atoms in total. The Hall–Kier alpha value is -2.08. The van der Waals surface area contributed by atoms with Crippen LogP contribution >= 0.6 is 11.3 Å².